The predicted molar refractivity (Wildman–Crippen MR) is 102 cm³/mol. The molecular weight excluding hydrogens is 350 g/mol. The molecule has 0 unspecified atom stereocenters. The number of amides is 2. The zero-order chi connectivity index (χ0) is 18.5. The maximum Gasteiger partial charge on any atom is 0.264 e. The second-order valence-electron chi connectivity index (χ2n) is 6.14. The Balaban J connectivity index is 1.46. The van der Waals surface area contributed by atoms with Gasteiger partial charge < -0.3 is 15.1 Å². The van der Waals surface area contributed by atoms with E-state index in [0.717, 1.165) is 10.6 Å². The Morgan fingerprint density at radius 1 is 1.00 bits per heavy atom. The SMILES string of the molecule is CC(=O)c1ccc(NCC(=O)N2CCN(C(=O)c3cccs3)CC2)cc1. The molecule has 0 atom stereocenters. The summed E-state index contributed by atoms with van der Waals surface area (Å²) in [5.74, 6) is 0.0576. The summed E-state index contributed by atoms with van der Waals surface area (Å²) in [6.45, 7) is 3.90. The molecule has 136 valence electrons. The molecule has 26 heavy (non-hydrogen) atoms. The van der Waals surface area contributed by atoms with Crippen molar-refractivity contribution in [3.63, 3.8) is 0 Å². The Kier molecular flexibility index (Phi) is 5.68. The minimum Gasteiger partial charge on any atom is -0.376 e. The van der Waals surface area contributed by atoms with Crippen molar-refractivity contribution in [3.05, 3.63) is 52.2 Å². The summed E-state index contributed by atoms with van der Waals surface area (Å²) in [5.41, 5.74) is 1.45. The summed E-state index contributed by atoms with van der Waals surface area (Å²) >= 11 is 1.44. The van der Waals surface area contributed by atoms with Crippen molar-refractivity contribution >= 4 is 34.6 Å². The van der Waals surface area contributed by atoms with E-state index in [1.165, 1.54) is 18.3 Å². The number of carbonyl (C=O) groups is 3. The van der Waals surface area contributed by atoms with Gasteiger partial charge in [-0.15, -0.1) is 11.3 Å². The number of thiophene rings is 1. The van der Waals surface area contributed by atoms with Gasteiger partial charge in [0.05, 0.1) is 11.4 Å². The van der Waals surface area contributed by atoms with Crippen molar-refractivity contribution in [1.29, 1.82) is 0 Å². The van der Waals surface area contributed by atoms with Gasteiger partial charge in [-0.25, -0.2) is 0 Å². The van der Waals surface area contributed by atoms with Crippen LogP contribution in [0.2, 0.25) is 0 Å². The molecule has 6 nitrogen and oxygen atoms in total. The molecule has 2 amide bonds. The van der Waals surface area contributed by atoms with E-state index in [2.05, 4.69) is 5.32 Å². The molecule has 1 N–H and O–H groups in total. The van der Waals surface area contributed by atoms with Crippen molar-refractivity contribution in [2.75, 3.05) is 38.0 Å². The lowest BCUT2D eigenvalue weighted by atomic mass is 10.1. The molecule has 7 heteroatoms. The molecule has 2 heterocycles. The number of nitrogens with zero attached hydrogens (tertiary/aromatic N) is 2. The first-order valence-corrected chi connectivity index (χ1v) is 9.38. The molecule has 1 fully saturated rings. The highest BCUT2D eigenvalue weighted by Crippen LogP contribution is 2.14. The predicted octanol–water partition coefficient (Wildman–Crippen LogP) is 2.35. The summed E-state index contributed by atoms with van der Waals surface area (Å²) in [4.78, 5) is 40.3. The Morgan fingerprint density at radius 3 is 2.23 bits per heavy atom. The fraction of sp³-hybridized carbons (Fsp3) is 0.316. The minimum atomic E-state index is 0.00358. The highest BCUT2D eigenvalue weighted by molar-refractivity contribution is 7.12. The van der Waals surface area contributed by atoms with E-state index in [4.69, 9.17) is 0 Å². The van der Waals surface area contributed by atoms with Gasteiger partial charge in [0.1, 0.15) is 0 Å². The number of carbonyl (C=O) groups excluding carboxylic acids is 3. The Morgan fingerprint density at radius 2 is 1.65 bits per heavy atom. The zero-order valence-electron chi connectivity index (χ0n) is 14.6. The monoisotopic (exact) mass is 371 g/mol. The highest BCUT2D eigenvalue weighted by Gasteiger charge is 2.25. The van der Waals surface area contributed by atoms with Gasteiger partial charge in [0.15, 0.2) is 5.78 Å². The number of piperazine rings is 1. The van der Waals surface area contributed by atoms with Crippen LogP contribution in [0.25, 0.3) is 0 Å². The molecule has 0 bridgehead atoms. The molecule has 0 aliphatic carbocycles. The zero-order valence-corrected chi connectivity index (χ0v) is 15.4. The smallest absolute Gasteiger partial charge is 0.264 e. The molecular formula is C19H21N3O3S. The van der Waals surface area contributed by atoms with E-state index in [0.29, 0.717) is 31.7 Å². The lowest BCUT2D eigenvalue weighted by Crippen LogP contribution is -2.51. The van der Waals surface area contributed by atoms with E-state index in [9.17, 15) is 14.4 Å². The maximum atomic E-state index is 12.4. The molecule has 2 aromatic rings. The number of nitrogens with one attached hydrogen (secondary N) is 1. The van der Waals surface area contributed by atoms with Gasteiger partial charge in [-0.05, 0) is 42.6 Å². The molecule has 1 aromatic heterocycles. The number of Topliss-reactive ketones (excluding diaryl/α,β-unsaturated/α-hetero) is 1. The first kappa shape index (κ1) is 18.1. The summed E-state index contributed by atoms with van der Waals surface area (Å²) < 4.78 is 0. The van der Waals surface area contributed by atoms with Crippen molar-refractivity contribution in [2.24, 2.45) is 0 Å². The van der Waals surface area contributed by atoms with Crippen LogP contribution in [0.4, 0.5) is 5.69 Å². The fourth-order valence-corrected chi connectivity index (χ4v) is 3.52. The quantitative estimate of drug-likeness (QED) is 0.819. The van der Waals surface area contributed by atoms with Crippen LogP contribution in [0, 0.1) is 0 Å². The molecule has 3 rings (SSSR count). The number of ketones is 1. The second-order valence-corrected chi connectivity index (χ2v) is 7.09. The summed E-state index contributed by atoms with van der Waals surface area (Å²) in [6.07, 6.45) is 0. The Bertz CT molecular complexity index is 779. The van der Waals surface area contributed by atoms with Gasteiger partial charge >= 0.3 is 0 Å². The normalized spacial score (nSPS) is 14.2. The van der Waals surface area contributed by atoms with Crippen LogP contribution < -0.4 is 5.32 Å². The average Bonchev–Trinajstić information content (AvgIpc) is 3.20. The molecule has 0 radical (unpaired) electrons. The Hall–Kier alpha value is -2.67. The van der Waals surface area contributed by atoms with Crippen LogP contribution in [0.15, 0.2) is 41.8 Å². The number of anilines is 1. The molecule has 1 saturated heterocycles. The van der Waals surface area contributed by atoms with Gasteiger partial charge in [0, 0.05) is 37.4 Å². The van der Waals surface area contributed by atoms with Crippen LogP contribution >= 0.6 is 11.3 Å². The number of benzene rings is 1. The van der Waals surface area contributed by atoms with Crippen molar-refractivity contribution in [3.8, 4) is 0 Å². The summed E-state index contributed by atoms with van der Waals surface area (Å²) in [6, 6.07) is 10.8. The lowest BCUT2D eigenvalue weighted by Gasteiger charge is -2.34. The number of hydrogen-bond acceptors (Lipinski definition) is 5. The summed E-state index contributed by atoms with van der Waals surface area (Å²) in [7, 11) is 0. The van der Waals surface area contributed by atoms with Crippen molar-refractivity contribution < 1.29 is 14.4 Å². The number of hydrogen-bond donors (Lipinski definition) is 1. The third kappa shape index (κ3) is 4.29. The van der Waals surface area contributed by atoms with E-state index in [1.807, 2.05) is 17.5 Å². The van der Waals surface area contributed by atoms with Gasteiger partial charge in [0.2, 0.25) is 5.91 Å². The molecule has 1 aliphatic rings. The maximum absolute atomic E-state index is 12.4. The van der Waals surface area contributed by atoms with E-state index in [1.54, 1.807) is 34.1 Å². The Labute approximate surface area is 156 Å². The van der Waals surface area contributed by atoms with Gasteiger partial charge in [-0.2, -0.15) is 0 Å². The topological polar surface area (TPSA) is 69.7 Å². The summed E-state index contributed by atoms with van der Waals surface area (Å²) in [5, 5.41) is 4.97. The fourth-order valence-electron chi connectivity index (χ4n) is 2.83. The van der Waals surface area contributed by atoms with Gasteiger partial charge in [0.25, 0.3) is 5.91 Å². The van der Waals surface area contributed by atoms with Crippen LogP contribution in [0.5, 0.6) is 0 Å². The van der Waals surface area contributed by atoms with Crippen molar-refractivity contribution in [1.82, 2.24) is 9.80 Å². The second kappa shape index (κ2) is 8.14. The third-order valence-corrected chi connectivity index (χ3v) is 5.24. The first-order valence-electron chi connectivity index (χ1n) is 8.50. The highest BCUT2D eigenvalue weighted by atomic mass is 32.1. The molecule has 1 aliphatic heterocycles. The standard InChI is InChI=1S/C19H21N3O3S/c1-14(23)15-4-6-16(7-5-15)20-13-18(24)21-8-10-22(11-9-21)19(25)17-3-2-12-26-17/h2-7,12,20H,8-11,13H2,1H3. The van der Waals surface area contributed by atoms with Gasteiger partial charge in [-0.1, -0.05) is 6.07 Å². The first-order chi connectivity index (χ1) is 12.5. The third-order valence-electron chi connectivity index (χ3n) is 4.39. The van der Waals surface area contributed by atoms with Crippen LogP contribution in [-0.4, -0.2) is 60.1 Å². The van der Waals surface area contributed by atoms with Crippen molar-refractivity contribution in [2.45, 2.75) is 6.92 Å². The van der Waals surface area contributed by atoms with Gasteiger partial charge in [-0.3, -0.25) is 14.4 Å². The van der Waals surface area contributed by atoms with E-state index < -0.39 is 0 Å². The van der Waals surface area contributed by atoms with Crippen LogP contribution in [0.3, 0.4) is 0 Å². The largest absolute Gasteiger partial charge is 0.376 e. The average molecular weight is 371 g/mol. The lowest BCUT2D eigenvalue weighted by molar-refractivity contribution is -0.130. The van der Waals surface area contributed by atoms with E-state index in [-0.39, 0.29) is 24.1 Å². The minimum absolute atomic E-state index is 0.00358. The molecule has 1 aromatic carbocycles. The number of rotatable bonds is 5. The molecule has 0 spiro atoms. The van der Waals surface area contributed by atoms with Crippen LogP contribution in [-0.2, 0) is 4.79 Å². The van der Waals surface area contributed by atoms with Crippen LogP contribution in [0.1, 0.15) is 27.0 Å². The molecule has 0 saturated carbocycles. The van der Waals surface area contributed by atoms with E-state index >= 15 is 0 Å².